The van der Waals surface area contributed by atoms with Gasteiger partial charge in [0, 0.05) is 37.1 Å². The second kappa shape index (κ2) is 11.4. The lowest BCUT2D eigenvalue weighted by Gasteiger charge is -2.34. The van der Waals surface area contributed by atoms with Crippen LogP contribution in [0.4, 0.5) is 0 Å². The summed E-state index contributed by atoms with van der Waals surface area (Å²) in [7, 11) is 0. The molecule has 0 aromatic heterocycles. The molecule has 0 unspecified atom stereocenters. The molecule has 6 aliphatic rings. The van der Waals surface area contributed by atoms with Crippen LogP contribution in [0.15, 0.2) is 5.11 Å². The van der Waals surface area contributed by atoms with Crippen molar-refractivity contribution in [3.63, 3.8) is 0 Å². The highest BCUT2D eigenvalue weighted by Gasteiger charge is 2.62. The van der Waals surface area contributed by atoms with Gasteiger partial charge in [0.05, 0.1) is 18.8 Å². The van der Waals surface area contributed by atoms with E-state index in [-0.39, 0.29) is 25.1 Å². The van der Waals surface area contributed by atoms with E-state index in [0.29, 0.717) is 0 Å². The molecule has 222 valence electrons. The van der Waals surface area contributed by atoms with Crippen molar-refractivity contribution >= 4 is 11.9 Å². The fourth-order valence-electron chi connectivity index (χ4n) is 7.13. The molecular weight excluding hydrogens is 524 g/mol. The van der Waals surface area contributed by atoms with Gasteiger partial charge in [-0.2, -0.15) is 0 Å². The van der Waals surface area contributed by atoms with E-state index >= 15 is 0 Å². The fraction of sp³-hybridized carbons (Fsp3) is 0.926. The molecule has 13 heteroatoms. The third-order valence-electron chi connectivity index (χ3n) is 8.90. The van der Waals surface area contributed by atoms with E-state index in [2.05, 4.69) is 15.3 Å². The molecule has 2 spiro atoms. The molecule has 0 bridgehead atoms. The minimum Gasteiger partial charge on any atom is -0.461 e. The van der Waals surface area contributed by atoms with Crippen molar-refractivity contribution in [3.05, 3.63) is 10.4 Å². The Balaban J connectivity index is 1.14. The molecule has 1 amide bonds. The van der Waals surface area contributed by atoms with Crippen LogP contribution in [0.5, 0.6) is 0 Å². The number of carbonyl (C=O) groups is 2. The smallest absolute Gasteiger partial charge is 0.338 e. The number of nitrogens with zero attached hydrogens (tertiary/aromatic N) is 3. The molecule has 2 aliphatic carbocycles. The number of hydrogen-bond acceptors (Lipinski definition) is 10. The fourth-order valence-corrected chi connectivity index (χ4v) is 7.13. The third kappa shape index (κ3) is 5.33. The van der Waals surface area contributed by atoms with Gasteiger partial charge in [-0.15, -0.1) is 0 Å². The molecule has 4 aliphatic heterocycles. The average molecular weight is 565 g/mol. The van der Waals surface area contributed by atoms with Gasteiger partial charge < -0.3 is 38.5 Å². The molecule has 0 aromatic rings. The van der Waals surface area contributed by atoms with Crippen LogP contribution in [0.2, 0.25) is 0 Å². The zero-order chi connectivity index (χ0) is 27.9. The predicted molar refractivity (Wildman–Crippen MR) is 137 cm³/mol. The van der Waals surface area contributed by atoms with Crippen LogP contribution in [0, 0.1) is 0 Å². The maximum atomic E-state index is 13.5. The third-order valence-corrected chi connectivity index (χ3v) is 8.90. The minimum absolute atomic E-state index is 0.0449. The van der Waals surface area contributed by atoms with Gasteiger partial charge in [-0.1, -0.05) is 18.0 Å². The number of ether oxygens (including phenoxy) is 7. The highest BCUT2D eigenvalue weighted by Crippen LogP contribution is 2.47. The van der Waals surface area contributed by atoms with Crippen LogP contribution in [-0.4, -0.2) is 91.5 Å². The van der Waals surface area contributed by atoms with Crippen LogP contribution in [0.1, 0.15) is 78.1 Å². The minimum atomic E-state index is -0.936. The van der Waals surface area contributed by atoms with Crippen LogP contribution in [0.3, 0.4) is 0 Å². The summed E-state index contributed by atoms with van der Waals surface area (Å²) in [6, 6.07) is 0. The summed E-state index contributed by atoms with van der Waals surface area (Å²) in [6.07, 6.45) is 3.63. The first-order chi connectivity index (χ1) is 19.3. The number of hydrogen-bond donors (Lipinski definition) is 1. The Morgan fingerprint density at radius 2 is 1.38 bits per heavy atom. The lowest BCUT2D eigenvalue weighted by molar-refractivity contribution is -0.226. The predicted octanol–water partition coefficient (Wildman–Crippen LogP) is 2.79. The topological polar surface area (TPSA) is 160 Å². The van der Waals surface area contributed by atoms with Gasteiger partial charge in [-0.05, 0) is 45.1 Å². The molecule has 0 radical (unpaired) electrons. The molecule has 6 fully saturated rings. The summed E-state index contributed by atoms with van der Waals surface area (Å²) in [5.74, 6) is -2.32. The summed E-state index contributed by atoms with van der Waals surface area (Å²) in [5, 5.41) is 6.60. The van der Waals surface area contributed by atoms with Crippen molar-refractivity contribution < 1.29 is 42.7 Å². The monoisotopic (exact) mass is 564 g/mol. The number of rotatable bonds is 7. The summed E-state index contributed by atoms with van der Waals surface area (Å²) >= 11 is 0. The first kappa shape index (κ1) is 28.1. The van der Waals surface area contributed by atoms with Crippen molar-refractivity contribution in [2.75, 3.05) is 13.1 Å². The van der Waals surface area contributed by atoms with Crippen molar-refractivity contribution in [3.8, 4) is 0 Å². The second-order valence-corrected chi connectivity index (χ2v) is 12.1. The first-order valence-corrected chi connectivity index (χ1v) is 14.8. The van der Waals surface area contributed by atoms with E-state index in [1.165, 1.54) is 0 Å². The van der Waals surface area contributed by atoms with Crippen molar-refractivity contribution in [1.29, 1.82) is 0 Å². The number of azide groups is 1. The van der Waals surface area contributed by atoms with E-state index < -0.39 is 66.4 Å². The van der Waals surface area contributed by atoms with Crippen molar-refractivity contribution in [2.24, 2.45) is 5.11 Å². The van der Waals surface area contributed by atoms with Gasteiger partial charge in [0.25, 0.3) is 5.91 Å². The molecular formula is C27H40N4O9. The lowest BCUT2D eigenvalue weighted by atomic mass is 9.94. The van der Waals surface area contributed by atoms with E-state index in [0.717, 1.165) is 64.2 Å². The summed E-state index contributed by atoms with van der Waals surface area (Å²) < 4.78 is 43.1. The highest BCUT2D eigenvalue weighted by molar-refractivity contribution is 5.82. The van der Waals surface area contributed by atoms with Crippen LogP contribution in [-0.2, 0) is 42.7 Å². The Bertz CT molecular complexity index is 1010. The number of nitrogens with one attached hydrogen (secondary N) is 1. The molecule has 40 heavy (non-hydrogen) atoms. The Kier molecular flexibility index (Phi) is 7.99. The van der Waals surface area contributed by atoms with Crippen LogP contribution in [0.25, 0.3) is 10.4 Å². The number of fused-ring (bicyclic) bond motifs is 2. The maximum Gasteiger partial charge on any atom is 0.338 e. The SMILES string of the molecule is CC(C)OC(=O)[C@@H]1O[C@H](CNC(=O)[C@@H]2O[C@H](CN=[N+]=[N-])[C@H]3OC4(CCCCC4)O[C@H]32)[C@H]2OC3(CCCCC3)O[C@H]21. The Labute approximate surface area is 233 Å². The van der Waals surface area contributed by atoms with Crippen molar-refractivity contribution in [2.45, 2.75) is 145 Å². The van der Waals surface area contributed by atoms with Gasteiger partial charge in [-0.3, -0.25) is 4.79 Å². The molecule has 4 saturated heterocycles. The van der Waals surface area contributed by atoms with Gasteiger partial charge in [0.1, 0.15) is 30.5 Å². The van der Waals surface area contributed by atoms with Crippen LogP contribution >= 0.6 is 0 Å². The van der Waals surface area contributed by atoms with Gasteiger partial charge in [0.15, 0.2) is 23.8 Å². The molecule has 6 rings (SSSR count). The van der Waals surface area contributed by atoms with E-state index in [4.69, 9.17) is 38.7 Å². The standard InChI is InChI=1S/C27H40N4O9/c1-15(2)34-25(33)23-21-18(37-27(40-21)11-7-4-8-12-27)16(36-23)13-29-24(32)22-20-19(17(35-22)14-30-31-28)38-26(39-20)9-5-3-6-10-26/h15-23H,3-14H2,1-2H3,(H,29,32)/t16-,17-,18-,19-,20-,21-,22-,23-/m1/s1. The summed E-state index contributed by atoms with van der Waals surface area (Å²) in [5.41, 5.74) is 8.85. The summed E-state index contributed by atoms with van der Waals surface area (Å²) in [6.45, 7) is 3.71. The van der Waals surface area contributed by atoms with Gasteiger partial charge in [-0.25, -0.2) is 4.79 Å². The number of amides is 1. The van der Waals surface area contributed by atoms with Gasteiger partial charge in [0.2, 0.25) is 0 Å². The quantitative estimate of drug-likeness (QED) is 0.212. The van der Waals surface area contributed by atoms with E-state index in [1.807, 2.05) is 0 Å². The largest absolute Gasteiger partial charge is 0.461 e. The van der Waals surface area contributed by atoms with Crippen LogP contribution < -0.4 is 5.32 Å². The number of carbonyl (C=O) groups excluding carboxylic acids is 2. The zero-order valence-electron chi connectivity index (χ0n) is 23.2. The number of esters is 1. The van der Waals surface area contributed by atoms with Crippen molar-refractivity contribution in [1.82, 2.24) is 5.32 Å². The molecule has 8 atom stereocenters. The molecule has 13 nitrogen and oxygen atoms in total. The Hall–Kier alpha value is -1.99. The average Bonchev–Trinajstić information content (AvgIpc) is 3.65. The molecule has 0 aromatic carbocycles. The van der Waals surface area contributed by atoms with E-state index in [1.54, 1.807) is 13.8 Å². The maximum absolute atomic E-state index is 13.5. The Morgan fingerprint density at radius 3 is 1.95 bits per heavy atom. The molecule has 2 saturated carbocycles. The van der Waals surface area contributed by atoms with Gasteiger partial charge >= 0.3 is 5.97 Å². The lowest BCUT2D eigenvalue weighted by Crippen LogP contribution is -2.47. The highest BCUT2D eigenvalue weighted by atomic mass is 16.8. The second-order valence-electron chi connectivity index (χ2n) is 12.1. The normalized spacial score (nSPS) is 39.2. The zero-order valence-corrected chi connectivity index (χ0v) is 23.2. The molecule has 1 N–H and O–H groups in total. The summed E-state index contributed by atoms with van der Waals surface area (Å²) in [4.78, 5) is 29.2. The first-order valence-electron chi connectivity index (χ1n) is 14.8. The van der Waals surface area contributed by atoms with E-state index in [9.17, 15) is 9.59 Å². The Morgan fingerprint density at radius 1 is 0.850 bits per heavy atom. The molecule has 4 heterocycles.